The molecule has 2 fully saturated rings. The van der Waals surface area contributed by atoms with Gasteiger partial charge in [0.1, 0.15) is 5.70 Å². The minimum Gasteiger partial charge on any atom is -0.477 e. The predicted molar refractivity (Wildman–Crippen MR) is 111 cm³/mol. The fourth-order valence-electron chi connectivity index (χ4n) is 4.84. The van der Waals surface area contributed by atoms with E-state index in [2.05, 4.69) is 10.3 Å². The lowest BCUT2D eigenvalue weighted by Crippen LogP contribution is -2.71. The number of hydrogen-bond donors (Lipinski definition) is 3. The Hall–Kier alpha value is -2.07. The van der Waals surface area contributed by atoms with Crippen molar-refractivity contribution in [2.75, 3.05) is 20.6 Å². The molecule has 10 heteroatoms. The zero-order chi connectivity index (χ0) is 21.7. The summed E-state index contributed by atoms with van der Waals surface area (Å²) in [5, 5.41) is 13.2. The molecular weight excluding hydrogens is 394 g/mol. The van der Waals surface area contributed by atoms with Gasteiger partial charge in [-0.1, -0.05) is 6.92 Å². The zero-order valence-electron chi connectivity index (χ0n) is 17.4. The molecule has 9 nitrogen and oxygen atoms in total. The standard InChI is InChI=1S/C19H29N5O4S/c1-9-15(29-11-6-12(21-7-11)16(25)23(4)5)14(18(27)28)24-17(26)13(19(9,24)3)10(2)22-8-20/h8-13,21H,6-7H2,1-5H3,(H2,20,22)(H,27,28)/t9-,10+,11-,12-,13-,19+/m0/s1. The van der Waals surface area contributed by atoms with Gasteiger partial charge in [0.2, 0.25) is 11.8 Å². The lowest BCUT2D eigenvalue weighted by Gasteiger charge is -2.55. The van der Waals surface area contributed by atoms with Gasteiger partial charge < -0.3 is 21.1 Å². The van der Waals surface area contributed by atoms with Gasteiger partial charge in [-0.2, -0.15) is 0 Å². The van der Waals surface area contributed by atoms with Crippen LogP contribution in [0.3, 0.4) is 0 Å². The van der Waals surface area contributed by atoms with Gasteiger partial charge in [-0.3, -0.25) is 19.5 Å². The van der Waals surface area contributed by atoms with Crippen molar-refractivity contribution in [3.8, 4) is 0 Å². The summed E-state index contributed by atoms with van der Waals surface area (Å²) in [6, 6.07) is -0.597. The highest BCUT2D eigenvalue weighted by Gasteiger charge is 2.68. The van der Waals surface area contributed by atoms with Crippen molar-refractivity contribution < 1.29 is 19.5 Å². The first kappa shape index (κ1) is 21.6. The second-order valence-electron chi connectivity index (χ2n) is 8.32. The molecule has 29 heavy (non-hydrogen) atoms. The van der Waals surface area contributed by atoms with Crippen LogP contribution in [-0.2, 0) is 14.4 Å². The highest BCUT2D eigenvalue weighted by Crippen LogP contribution is 2.58. The van der Waals surface area contributed by atoms with E-state index in [0.29, 0.717) is 17.9 Å². The number of thioether (sulfide) groups is 1. The molecule has 6 atom stereocenters. The van der Waals surface area contributed by atoms with Gasteiger partial charge in [-0.25, -0.2) is 4.79 Å². The summed E-state index contributed by atoms with van der Waals surface area (Å²) in [5.74, 6) is -1.89. The molecule has 3 aliphatic rings. The van der Waals surface area contributed by atoms with E-state index in [1.54, 1.807) is 19.0 Å². The first-order valence-electron chi connectivity index (χ1n) is 9.71. The summed E-state index contributed by atoms with van der Waals surface area (Å²) in [4.78, 5) is 45.0. The number of likely N-dealkylation sites (N-methyl/N-ethyl adjacent to an activating group) is 1. The number of nitrogens with zero attached hydrogens (tertiary/aromatic N) is 3. The van der Waals surface area contributed by atoms with E-state index in [-0.39, 0.29) is 40.8 Å². The molecule has 0 radical (unpaired) electrons. The highest BCUT2D eigenvalue weighted by molar-refractivity contribution is 8.03. The predicted octanol–water partition coefficient (Wildman–Crippen LogP) is 0.0768. The van der Waals surface area contributed by atoms with Gasteiger partial charge in [-0.15, -0.1) is 11.8 Å². The van der Waals surface area contributed by atoms with Crippen LogP contribution in [0.5, 0.6) is 0 Å². The fraction of sp³-hybridized carbons (Fsp3) is 0.684. The van der Waals surface area contributed by atoms with E-state index in [1.807, 2.05) is 20.8 Å². The molecule has 3 aliphatic heterocycles. The Kier molecular flexibility index (Phi) is 5.70. The third kappa shape index (κ3) is 3.22. The largest absolute Gasteiger partial charge is 0.477 e. The zero-order valence-corrected chi connectivity index (χ0v) is 18.2. The van der Waals surface area contributed by atoms with Crippen LogP contribution in [0.2, 0.25) is 0 Å². The van der Waals surface area contributed by atoms with E-state index in [0.717, 1.165) is 0 Å². The lowest BCUT2D eigenvalue weighted by atomic mass is 9.66. The van der Waals surface area contributed by atoms with Crippen molar-refractivity contribution in [3.05, 3.63) is 10.6 Å². The van der Waals surface area contributed by atoms with Crippen molar-refractivity contribution in [2.45, 2.75) is 50.1 Å². The number of hydrogen-bond acceptors (Lipinski definition) is 6. The van der Waals surface area contributed by atoms with E-state index in [4.69, 9.17) is 5.73 Å². The Morgan fingerprint density at radius 3 is 2.69 bits per heavy atom. The van der Waals surface area contributed by atoms with Gasteiger partial charge in [-0.05, 0) is 20.3 Å². The van der Waals surface area contributed by atoms with Crippen molar-refractivity contribution in [1.29, 1.82) is 0 Å². The third-order valence-corrected chi connectivity index (χ3v) is 7.95. The SMILES string of the molecule is C[C@@H](N=CN)[C@H]1C(=O)N2C(C(=O)O)=C(S[C@@H]3CN[C@H](C(=O)N(C)C)C3)[C@H](C)[C@]12C. The van der Waals surface area contributed by atoms with Crippen molar-refractivity contribution >= 4 is 35.9 Å². The summed E-state index contributed by atoms with van der Waals surface area (Å²) in [6.45, 7) is 6.33. The quantitative estimate of drug-likeness (QED) is 0.313. The van der Waals surface area contributed by atoms with Crippen LogP contribution >= 0.6 is 11.8 Å². The average Bonchev–Trinajstić information content (AvgIpc) is 3.17. The van der Waals surface area contributed by atoms with Gasteiger partial charge in [0.15, 0.2) is 0 Å². The topological polar surface area (TPSA) is 128 Å². The monoisotopic (exact) mass is 423 g/mol. The average molecular weight is 424 g/mol. The Labute approximate surface area is 174 Å². The van der Waals surface area contributed by atoms with Gasteiger partial charge in [0.25, 0.3) is 0 Å². The van der Waals surface area contributed by atoms with Crippen LogP contribution in [0.4, 0.5) is 0 Å². The number of carboxylic acid groups (broad SMARTS) is 1. The summed E-state index contributed by atoms with van der Waals surface area (Å²) in [6.07, 6.45) is 1.81. The number of β-lactam (4-membered cyclic amide) rings is 1. The van der Waals surface area contributed by atoms with Crippen LogP contribution in [0, 0.1) is 11.8 Å². The molecule has 0 aromatic rings. The molecule has 160 valence electrons. The second-order valence-corrected chi connectivity index (χ2v) is 9.67. The van der Waals surface area contributed by atoms with Crippen LogP contribution in [0.15, 0.2) is 15.6 Å². The molecule has 0 spiro atoms. The maximum absolute atomic E-state index is 12.9. The summed E-state index contributed by atoms with van der Waals surface area (Å²) < 4.78 is 0. The maximum Gasteiger partial charge on any atom is 0.353 e. The van der Waals surface area contributed by atoms with Crippen LogP contribution < -0.4 is 11.1 Å². The van der Waals surface area contributed by atoms with E-state index < -0.39 is 17.4 Å². The summed E-state index contributed by atoms with van der Waals surface area (Å²) in [7, 11) is 3.44. The van der Waals surface area contributed by atoms with Crippen LogP contribution in [-0.4, -0.2) is 82.5 Å². The summed E-state index contributed by atoms with van der Waals surface area (Å²) in [5.41, 5.74) is 4.83. The molecule has 3 rings (SSSR count). The number of carbonyl (C=O) groups is 3. The molecule has 0 aromatic carbocycles. The number of rotatable bonds is 6. The Morgan fingerprint density at radius 2 is 2.14 bits per heavy atom. The number of fused-ring (bicyclic) bond motifs is 1. The van der Waals surface area contributed by atoms with Gasteiger partial charge in [0, 0.05) is 36.7 Å². The molecule has 0 aromatic heterocycles. The molecule has 0 unspecified atom stereocenters. The van der Waals surface area contributed by atoms with Crippen molar-refractivity contribution in [3.63, 3.8) is 0 Å². The highest BCUT2D eigenvalue weighted by atomic mass is 32.2. The first-order valence-corrected chi connectivity index (χ1v) is 10.6. The van der Waals surface area contributed by atoms with Gasteiger partial charge >= 0.3 is 5.97 Å². The minimum atomic E-state index is -1.10. The fourth-order valence-corrected chi connectivity index (χ4v) is 6.40. The number of carboxylic acids is 1. The Balaban J connectivity index is 1.85. The number of nitrogens with one attached hydrogen (secondary N) is 1. The second kappa shape index (κ2) is 7.64. The smallest absolute Gasteiger partial charge is 0.353 e. The molecular formula is C19H29N5O4S. The third-order valence-electron chi connectivity index (χ3n) is 6.45. The molecule has 0 bridgehead atoms. The first-order chi connectivity index (χ1) is 13.5. The number of amides is 2. The van der Waals surface area contributed by atoms with E-state index >= 15 is 0 Å². The number of aliphatic imine (C=N–C) groups is 1. The summed E-state index contributed by atoms with van der Waals surface area (Å²) >= 11 is 1.48. The van der Waals surface area contributed by atoms with Crippen molar-refractivity contribution in [1.82, 2.24) is 15.1 Å². The van der Waals surface area contributed by atoms with E-state index in [1.165, 1.54) is 23.0 Å². The molecule has 2 amide bonds. The lowest BCUT2D eigenvalue weighted by molar-refractivity contribution is -0.169. The van der Waals surface area contributed by atoms with Crippen molar-refractivity contribution in [2.24, 2.45) is 22.6 Å². The minimum absolute atomic E-state index is 0.0134. The number of carbonyl (C=O) groups excluding carboxylic acids is 2. The molecule has 0 aliphatic carbocycles. The Bertz CT molecular complexity index is 797. The molecule has 4 N–H and O–H groups in total. The van der Waals surface area contributed by atoms with E-state index in [9.17, 15) is 19.5 Å². The van der Waals surface area contributed by atoms with Gasteiger partial charge in [0.05, 0.1) is 29.9 Å². The number of nitrogens with two attached hydrogens (primary N) is 1. The van der Waals surface area contributed by atoms with Crippen LogP contribution in [0.1, 0.15) is 27.2 Å². The normalized spacial score (nSPS) is 35.1. The maximum atomic E-state index is 12.9. The Morgan fingerprint density at radius 1 is 1.48 bits per heavy atom. The number of aliphatic carboxylic acids is 1. The molecule has 2 saturated heterocycles. The van der Waals surface area contributed by atoms with Crippen LogP contribution in [0.25, 0.3) is 0 Å². The molecule has 0 saturated carbocycles. The molecule has 3 heterocycles.